The predicted molar refractivity (Wildman–Crippen MR) is 54.5 cm³/mol. The van der Waals surface area contributed by atoms with Crippen molar-refractivity contribution in [2.75, 3.05) is 6.61 Å². The van der Waals surface area contributed by atoms with E-state index in [1.54, 1.807) is 0 Å². The van der Waals surface area contributed by atoms with Gasteiger partial charge in [0.25, 0.3) is 0 Å². The fourth-order valence-corrected chi connectivity index (χ4v) is 1.57. The van der Waals surface area contributed by atoms with Crippen molar-refractivity contribution in [3.63, 3.8) is 0 Å². The van der Waals surface area contributed by atoms with Gasteiger partial charge in [0, 0.05) is 18.4 Å². The lowest BCUT2D eigenvalue weighted by molar-refractivity contribution is -0.126. The van der Waals surface area contributed by atoms with Crippen LogP contribution in [0.3, 0.4) is 0 Å². The van der Waals surface area contributed by atoms with Crippen LogP contribution in [0.1, 0.15) is 40.5 Å². The van der Waals surface area contributed by atoms with Gasteiger partial charge in [0.2, 0.25) is 0 Å². The molecule has 0 unspecified atom stereocenters. The van der Waals surface area contributed by atoms with Gasteiger partial charge in [-0.15, -0.1) is 0 Å². The molecule has 0 aliphatic heterocycles. The molecule has 0 fully saturated rings. The molecule has 2 heteroatoms. The number of hydrogen-bond acceptors (Lipinski definition) is 2. The quantitative estimate of drug-likeness (QED) is 0.691. The Kier molecular flexibility index (Phi) is 5.97. The smallest absolute Gasteiger partial charge is 0.138 e. The van der Waals surface area contributed by atoms with Crippen LogP contribution in [0.2, 0.25) is 0 Å². The predicted octanol–water partition coefficient (Wildman–Crippen LogP) is 2.26. The number of aliphatic hydroxyl groups excluding tert-OH is 1. The van der Waals surface area contributed by atoms with Gasteiger partial charge in [0.1, 0.15) is 5.78 Å². The lowest BCUT2D eigenvalue weighted by atomic mass is 9.86. The minimum atomic E-state index is 0.0602. The van der Waals surface area contributed by atoms with E-state index >= 15 is 0 Å². The van der Waals surface area contributed by atoms with Crippen LogP contribution in [0, 0.1) is 17.8 Å². The molecule has 0 aromatic heterocycles. The summed E-state index contributed by atoms with van der Waals surface area (Å²) >= 11 is 0. The first kappa shape index (κ1) is 12.6. The standard InChI is InChI=1S/C11H22O2/c1-8(2)7-10(5-6-12)11(13)9(3)4/h8-10,12H,5-7H2,1-4H3/t10-/m1/s1. The highest BCUT2D eigenvalue weighted by atomic mass is 16.3. The Morgan fingerprint density at radius 1 is 1.23 bits per heavy atom. The van der Waals surface area contributed by atoms with Gasteiger partial charge in [-0.25, -0.2) is 0 Å². The summed E-state index contributed by atoms with van der Waals surface area (Å²) in [5.74, 6) is 0.974. The summed E-state index contributed by atoms with van der Waals surface area (Å²) in [7, 11) is 0. The zero-order valence-corrected chi connectivity index (χ0v) is 9.21. The highest BCUT2D eigenvalue weighted by Crippen LogP contribution is 2.19. The van der Waals surface area contributed by atoms with Crippen LogP contribution in [0.5, 0.6) is 0 Å². The summed E-state index contributed by atoms with van der Waals surface area (Å²) in [5.41, 5.74) is 0. The van der Waals surface area contributed by atoms with Crippen LogP contribution >= 0.6 is 0 Å². The van der Waals surface area contributed by atoms with Gasteiger partial charge in [-0.3, -0.25) is 4.79 Å². The van der Waals surface area contributed by atoms with Crippen molar-refractivity contribution in [3.05, 3.63) is 0 Å². The van der Waals surface area contributed by atoms with E-state index in [0.717, 1.165) is 6.42 Å². The zero-order valence-electron chi connectivity index (χ0n) is 9.21. The number of rotatable bonds is 6. The van der Waals surface area contributed by atoms with Gasteiger partial charge in [-0.05, 0) is 18.8 Å². The van der Waals surface area contributed by atoms with E-state index in [0.29, 0.717) is 18.1 Å². The topological polar surface area (TPSA) is 37.3 Å². The van der Waals surface area contributed by atoms with Crippen LogP contribution in [0.4, 0.5) is 0 Å². The average Bonchev–Trinajstić information content (AvgIpc) is 2.01. The fraction of sp³-hybridized carbons (Fsp3) is 0.909. The SMILES string of the molecule is CC(C)C[C@@H](CCO)C(=O)C(C)C. The number of ketones is 1. The summed E-state index contributed by atoms with van der Waals surface area (Å²) in [6, 6.07) is 0. The minimum absolute atomic E-state index is 0.0602. The molecular weight excluding hydrogens is 164 g/mol. The van der Waals surface area contributed by atoms with E-state index < -0.39 is 0 Å². The summed E-state index contributed by atoms with van der Waals surface area (Å²) in [4.78, 5) is 11.7. The molecule has 0 spiro atoms. The Morgan fingerprint density at radius 2 is 1.77 bits per heavy atom. The minimum Gasteiger partial charge on any atom is -0.396 e. The largest absolute Gasteiger partial charge is 0.396 e. The van der Waals surface area contributed by atoms with Gasteiger partial charge in [0.05, 0.1) is 0 Å². The lowest BCUT2D eigenvalue weighted by Crippen LogP contribution is -2.22. The van der Waals surface area contributed by atoms with Gasteiger partial charge < -0.3 is 5.11 Å². The maximum Gasteiger partial charge on any atom is 0.138 e. The van der Waals surface area contributed by atoms with E-state index in [-0.39, 0.29) is 18.4 Å². The van der Waals surface area contributed by atoms with E-state index in [1.807, 2.05) is 13.8 Å². The third-order valence-corrected chi connectivity index (χ3v) is 2.20. The second kappa shape index (κ2) is 6.14. The molecule has 0 rings (SSSR count). The van der Waals surface area contributed by atoms with Crippen molar-refractivity contribution >= 4 is 5.78 Å². The monoisotopic (exact) mass is 186 g/mol. The Labute approximate surface area is 81.3 Å². The van der Waals surface area contributed by atoms with Gasteiger partial charge in [0.15, 0.2) is 0 Å². The molecule has 0 amide bonds. The maximum atomic E-state index is 11.7. The maximum absolute atomic E-state index is 11.7. The van der Waals surface area contributed by atoms with E-state index in [4.69, 9.17) is 5.11 Å². The normalized spacial score (nSPS) is 13.8. The summed E-state index contributed by atoms with van der Waals surface area (Å²) in [6.07, 6.45) is 1.52. The van der Waals surface area contributed by atoms with Crippen LogP contribution in [0.25, 0.3) is 0 Å². The molecule has 0 aromatic carbocycles. The molecular formula is C11H22O2. The van der Waals surface area contributed by atoms with Gasteiger partial charge in [-0.1, -0.05) is 27.7 Å². The van der Waals surface area contributed by atoms with Crippen molar-refractivity contribution in [2.45, 2.75) is 40.5 Å². The average molecular weight is 186 g/mol. The van der Waals surface area contributed by atoms with Crippen molar-refractivity contribution < 1.29 is 9.90 Å². The lowest BCUT2D eigenvalue weighted by Gasteiger charge is -2.18. The first-order valence-corrected chi connectivity index (χ1v) is 5.13. The number of aliphatic hydroxyl groups is 1. The molecule has 0 aliphatic rings. The van der Waals surface area contributed by atoms with Gasteiger partial charge >= 0.3 is 0 Å². The number of carbonyl (C=O) groups excluding carboxylic acids is 1. The Morgan fingerprint density at radius 3 is 2.08 bits per heavy atom. The highest BCUT2D eigenvalue weighted by molar-refractivity contribution is 5.82. The van der Waals surface area contributed by atoms with Crippen LogP contribution < -0.4 is 0 Å². The first-order chi connectivity index (χ1) is 5.99. The Bertz CT molecular complexity index is 150. The summed E-state index contributed by atoms with van der Waals surface area (Å²) < 4.78 is 0. The van der Waals surface area contributed by atoms with Crippen LogP contribution in [-0.2, 0) is 4.79 Å². The van der Waals surface area contributed by atoms with E-state index in [1.165, 1.54) is 0 Å². The van der Waals surface area contributed by atoms with Crippen molar-refractivity contribution in [1.29, 1.82) is 0 Å². The molecule has 1 N–H and O–H groups in total. The van der Waals surface area contributed by atoms with Crippen LogP contribution in [0.15, 0.2) is 0 Å². The second-order valence-corrected chi connectivity index (χ2v) is 4.40. The summed E-state index contributed by atoms with van der Waals surface area (Å²) in [5, 5.41) is 8.83. The Hall–Kier alpha value is -0.370. The molecule has 2 nitrogen and oxygen atoms in total. The Balaban J connectivity index is 4.15. The molecule has 0 aromatic rings. The second-order valence-electron chi connectivity index (χ2n) is 4.40. The van der Waals surface area contributed by atoms with E-state index in [9.17, 15) is 4.79 Å². The number of hydrogen-bond donors (Lipinski definition) is 1. The molecule has 78 valence electrons. The molecule has 0 radical (unpaired) electrons. The third kappa shape index (κ3) is 5.04. The molecule has 1 atom stereocenters. The highest BCUT2D eigenvalue weighted by Gasteiger charge is 2.21. The van der Waals surface area contributed by atoms with Crippen molar-refractivity contribution in [2.24, 2.45) is 17.8 Å². The zero-order chi connectivity index (χ0) is 10.4. The van der Waals surface area contributed by atoms with E-state index in [2.05, 4.69) is 13.8 Å². The van der Waals surface area contributed by atoms with Crippen LogP contribution in [-0.4, -0.2) is 17.5 Å². The molecule has 0 heterocycles. The molecule has 0 aliphatic carbocycles. The van der Waals surface area contributed by atoms with Crippen molar-refractivity contribution in [3.8, 4) is 0 Å². The molecule has 0 saturated carbocycles. The fourth-order valence-electron chi connectivity index (χ4n) is 1.57. The number of carbonyl (C=O) groups is 1. The summed E-state index contributed by atoms with van der Waals surface area (Å²) in [6.45, 7) is 8.19. The molecule has 0 bridgehead atoms. The first-order valence-electron chi connectivity index (χ1n) is 5.13. The number of Topliss-reactive ketones (excluding diaryl/α,β-unsaturated/α-hetero) is 1. The third-order valence-electron chi connectivity index (χ3n) is 2.20. The van der Waals surface area contributed by atoms with Gasteiger partial charge in [-0.2, -0.15) is 0 Å². The molecule has 13 heavy (non-hydrogen) atoms. The molecule has 0 saturated heterocycles. The van der Waals surface area contributed by atoms with Crippen molar-refractivity contribution in [1.82, 2.24) is 0 Å².